The van der Waals surface area contributed by atoms with Crippen LogP contribution in [0.25, 0.3) is 0 Å². The summed E-state index contributed by atoms with van der Waals surface area (Å²) in [7, 11) is 0. The molecule has 10 heteroatoms. The summed E-state index contributed by atoms with van der Waals surface area (Å²) in [4.78, 5) is 49.8. The average molecular weight is 749 g/mol. The van der Waals surface area contributed by atoms with Crippen LogP contribution < -0.4 is 4.90 Å². The molecule has 2 bridgehead atoms. The number of rotatable bonds is 12. The Morgan fingerprint density at radius 2 is 1.71 bits per heavy atom. The first-order valence-electron chi connectivity index (χ1n) is 16.1. The predicted octanol–water partition coefficient (Wildman–Crippen LogP) is 6.58. The van der Waals surface area contributed by atoms with Gasteiger partial charge in [0.1, 0.15) is 6.04 Å². The van der Waals surface area contributed by atoms with Gasteiger partial charge < -0.3 is 19.8 Å². The molecule has 0 aromatic heterocycles. The van der Waals surface area contributed by atoms with Crippen LogP contribution in [0.2, 0.25) is 5.02 Å². The second-order valence-corrected chi connectivity index (χ2v) is 15.8. The molecule has 1 spiro atoms. The van der Waals surface area contributed by atoms with Crippen molar-refractivity contribution in [2.45, 2.75) is 46.8 Å². The zero-order valence-electron chi connectivity index (χ0n) is 26.8. The first-order chi connectivity index (χ1) is 23.2. The molecule has 6 rings (SSSR count). The van der Waals surface area contributed by atoms with E-state index in [2.05, 4.69) is 29.1 Å². The molecule has 3 amide bonds. The van der Waals surface area contributed by atoms with E-state index in [1.54, 1.807) is 44.7 Å². The van der Waals surface area contributed by atoms with Crippen molar-refractivity contribution in [3.05, 3.63) is 126 Å². The van der Waals surface area contributed by atoms with E-state index < -0.39 is 35.3 Å². The average Bonchev–Trinajstić information content (AvgIpc) is 3.68. The molecule has 0 aliphatic carbocycles. The summed E-state index contributed by atoms with van der Waals surface area (Å²) in [6, 6.07) is 22.7. The van der Waals surface area contributed by atoms with Crippen LogP contribution in [-0.2, 0) is 20.9 Å². The molecule has 3 aromatic rings. The lowest BCUT2D eigenvalue weighted by Gasteiger charge is -2.40. The molecule has 3 unspecified atom stereocenters. The number of thioether (sulfide) groups is 1. The Morgan fingerprint density at radius 3 is 2.33 bits per heavy atom. The lowest BCUT2D eigenvalue weighted by atomic mass is 9.70. The van der Waals surface area contributed by atoms with Gasteiger partial charge in [0.05, 0.1) is 39.9 Å². The van der Waals surface area contributed by atoms with Gasteiger partial charge in [0, 0.05) is 29.7 Å². The Hall–Kier alpha value is -3.37. The Kier molecular flexibility index (Phi) is 10.2. The van der Waals surface area contributed by atoms with E-state index in [1.165, 1.54) is 0 Å². The molecule has 3 saturated heterocycles. The van der Waals surface area contributed by atoms with Crippen molar-refractivity contribution in [2.24, 2.45) is 11.8 Å². The number of carbonyl (C=O) groups excluding carboxylic acids is 3. The molecule has 0 radical (unpaired) electrons. The van der Waals surface area contributed by atoms with Gasteiger partial charge in [-0.3, -0.25) is 14.4 Å². The van der Waals surface area contributed by atoms with Gasteiger partial charge >= 0.3 is 0 Å². The Balaban J connectivity index is 1.49. The van der Waals surface area contributed by atoms with Crippen molar-refractivity contribution < 1.29 is 19.5 Å². The van der Waals surface area contributed by atoms with E-state index in [9.17, 15) is 9.90 Å². The SMILES string of the molecule is C=CCN(Cc1ccccc1)C(=O)[C@H]1[C@@H]2SC3(CC2Br)C(C(=O)N(CC=C)c2c(C)cccc2Cl)N([C@H](CO)c2ccccc2)C(=O)[C@H]13. The zero-order valence-corrected chi connectivity index (χ0v) is 29.9. The smallest absolute Gasteiger partial charge is 0.251 e. The van der Waals surface area contributed by atoms with Gasteiger partial charge in [-0.1, -0.05) is 112 Å². The fraction of sp³-hybridized carbons (Fsp3) is 0.342. The third-order valence-corrected chi connectivity index (χ3v) is 13.4. The maximum Gasteiger partial charge on any atom is 0.251 e. The molecule has 48 heavy (non-hydrogen) atoms. The van der Waals surface area contributed by atoms with Crippen LogP contribution in [0.15, 0.2) is 104 Å². The van der Waals surface area contributed by atoms with Crippen LogP contribution in [0.3, 0.4) is 0 Å². The third kappa shape index (κ3) is 5.82. The number of benzene rings is 3. The Bertz CT molecular complexity index is 1690. The van der Waals surface area contributed by atoms with Gasteiger partial charge in [-0.05, 0) is 36.1 Å². The first kappa shape index (κ1) is 34.5. The first-order valence-corrected chi connectivity index (χ1v) is 18.3. The topological polar surface area (TPSA) is 81.2 Å². The lowest BCUT2D eigenvalue weighted by Crippen LogP contribution is -2.56. The summed E-state index contributed by atoms with van der Waals surface area (Å²) in [5.74, 6) is -2.21. The van der Waals surface area contributed by atoms with Crippen LogP contribution in [0, 0.1) is 18.8 Å². The highest BCUT2D eigenvalue weighted by molar-refractivity contribution is 9.09. The molecule has 3 fully saturated rings. The minimum atomic E-state index is -0.988. The second-order valence-electron chi connectivity index (χ2n) is 12.7. The van der Waals surface area contributed by atoms with Crippen molar-refractivity contribution in [3.8, 4) is 0 Å². The highest BCUT2D eigenvalue weighted by Gasteiger charge is 2.76. The van der Waals surface area contributed by atoms with Crippen molar-refractivity contribution in [1.82, 2.24) is 9.80 Å². The molecule has 3 aliphatic rings. The highest BCUT2D eigenvalue weighted by atomic mass is 79.9. The van der Waals surface area contributed by atoms with Gasteiger partial charge in [-0.2, -0.15) is 0 Å². The van der Waals surface area contributed by atoms with E-state index in [0.29, 0.717) is 35.8 Å². The molecule has 3 heterocycles. The van der Waals surface area contributed by atoms with Gasteiger partial charge in [-0.15, -0.1) is 24.9 Å². The Labute approximate surface area is 299 Å². The summed E-state index contributed by atoms with van der Waals surface area (Å²) >= 11 is 12.2. The second kappa shape index (κ2) is 14.2. The fourth-order valence-electron chi connectivity index (χ4n) is 7.93. The number of aliphatic hydroxyl groups is 1. The van der Waals surface area contributed by atoms with Gasteiger partial charge in [0.15, 0.2) is 0 Å². The lowest BCUT2D eigenvalue weighted by molar-refractivity contribution is -0.145. The Morgan fingerprint density at radius 1 is 1.04 bits per heavy atom. The number of carbonyl (C=O) groups is 3. The van der Waals surface area contributed by atoms with Gasteiger partial charge in [-0.25, -0.2) is 0 Å². The van der Waals surface area contributed by atoms with Crippen molar-refractivity contribution in [2.75, 3.05) is 24.6 Å². The number of alkyl halides is 1. The number of hydrogen-bond acceptors (Lipinski definition) is 5. The number of amides is 3. The quantitative estimate of drug-likeness (QED) is 0.167. The number of anilines is 1. The van der Waals surface area contributed by atoms with Crippen molar-refractivity contribution >= 4 is 62.7 Å². The summed E-state index contributed by atoms with van der Waals surface area (Å²) in [5, 5.41) is 11.1. The van der Waals surface area contributed by atoms with Crippen LogP contribution in [0.5, 0.6) is 0 Å². The molecule has 3 aromatic carbocycles. The van der Waals surface area contributed by atoms with Crippen LogP contribution in [0.4, 0.5) is 5.69 Å². The van der Waals surface area contributed by atoms with E-state index in [4.69, 9.17) is 11.6 Å². The van der Waals surface area contributed by atoms with E-state index in [0.717, 1.165) is 11.1 Å². The molecule has 3 aliphatic heterocycles. The van der Waals surface area contributed by atoms with E-state index in [1.807, 2.05) is 79.7 Å². The molecule has 7 nitrogen and oxygen atoms in total. The maximum absolute atomic E-state index is 15.2. The third-order valence-electron chi connectivity index (χ3n) is 9.85. The zero-order chi connectivity index (χ0) is 34.2. The maximum atomic E-state index is 15.2. The molecule has 7 atom stereocenters. The fourth-order valence-corrected chi connectivity index (χ4v) is 11.8. The number of para-hydroxylation sites is 1. The highest BCUT2D eigenvalue weighted by Crippen LogP contribution is 2.69. The van der Waals surface area contributed by atoms with Crippen LogP contribution >= 0.6 is 39.3 Å². The van der Waals surface area contributed by atoms with Crippen LogP contribution in [-0.4, -0.2) is 73.2 Å². The number of fused-ring (bicyclic) bond motifs is 1. The number of hydrogen-bond donors (Lipinski definition) is 1. The summed E-state index contributed by atoms with van der Waals surface area (Å²) in [6.45, 7) is 10.2. The van der Waals surface area contributed by atoms with E-state index in [-0.39, 0.29) is 34.3 Å². The summed E-state index contributed by atoms with van der Waals surface area (Å²) < 4.78 is -0.934. The van der Waals surface area contributed by atoms with Crippen molar-refractivity contribution in [1.29, 1.82) is 0 Å². The summed E-state index contributed by atoms with van der Waals surface area (Å²) in [6.07, 6.45) is 3.85. The molecular weight excluding hydrogens is 710 g/mol. The number of nitrogens with zero attached hydrogens (tertiary/aromatic N) is 3. The normalized spacial score (nSPS) is 26.2. The number of likely N-dealkylation sites (tertiary alicyclic amines) is 1. The molecule has 0 saturated carbocycles. The predicted molar refractivity (Wildman–Crippen MR) is 196 cm³/mol. The standard InChI is InChI=1S/C38H39BrClN3O4S/c1-4-19-41(22-25-14-8-6-9-15-25)35(45)30-31-36(46)43(29(23-44)26-16-10-7-11-17-26)34(38(31)21-27(39)33(30)48-38)37(47)42(20-5-2)32-24(3)13-12-18-28(32)40/h4-18,27,29-31,33-34,44H,1-2,19-23H2,3H3/t27?,29-,30-,31+,33-,34?,38?/m1/s1. The monoisotopic (exact) mass is 747 g/mol. The number of halogens is 2. The van der Waals surface area contributed by atoms with Crippen LogP contribution in [0.1, 0.15) is 29.2 Å². The number of aliphatic hydroxyl groups excluding tert-OH is 1. The minimum absolute atomic E-state index is 0.114. The summed E-state index contributed by atoms with van der Waals surface area (Å²) in [5.41, 5.74) is 3.04. The molecule has 1 N–H and O–H groups in total. The van der Waals surface area contributed by atoms with E-state index >= 15 is 9.59 Å². The van der Waals surface area contributed by atoms with Gasteiger partial charge in [0.25, 0.3) is 5.91 Å². The van der Waals surface area contributed by atoms with Crippen molar-refractivity contribution in [3.63, 3.8) is 0 Å². The number of aryl methyl sites for hydroxylation is 1. The van der Waals surface area contributed by atoms with Gasteiger partial charge in [0.2, 0.25) is 11.8 Å². The minimum Gasteiger partial charge on any atom is -0.394 e. The molecule has 250 valence electrons. The largest absolute Gasteiger partial charge is 0.394 e. The molecular formula is C38H39BrClN3O4S.